The molecule has 3 rings (SSSR count). The fraction of sp³-hybridized carbons (Fsp3) is 0.647. The number of anilines is 2. The Hall–Kier alpha value is -1.27. The first-order valence-corrected chi connectivity index (χ1v) is 10.3. The zero-order valence-corrected chi connectivity index (χ0v) is 14.8. The van der Waals surface area contributed by atoms with E-state index >= 15 is 0 Å². The Morgan fingerprint density at radius 2 is 1.65 bits per heavy atom. The van der Waals surface area contributed by atoms with Gasteiger partial charge in [0.05, 0.1) is 23.7 Å². The van der Waals surface area contributed by atoms with Gasteiger partial charge in [0, 0.05) is 19.6 Å². The van der Waals surface area contributed by atoms with E-state index in [1.807, 2.05) is 31.2 Å². The highest BCUT2D eigenvalue weighted by Crippen LogP contribution is 2.34. The van der Waals surface area contributed by atoms with E-state index in [1.54, 1.807) is 4.31 Å². The molecule has 0 aromatic heterocycles. The van der Waals surface area contributed by atoms with Crippen molar-refractivity contribution >= 4 is 21.4 Å². The van der Waals surface area contributed by atoms with Crippen molar-refractivity contribution in [3.8, 4) is 0 Å². The maximum absolute atomic E-state index is 12.5. The van der Waals surface area contributed by atoms with Crippen LogP contribution in [0.1, 0.15) is 26.2 Å². The van der Waals surface area contributed by atoms with Crippen molar-refractivity contribution in [2.24, 2.45) is 0 Å². The van der Waals surface area contributed by atoms with E-state index < -0.39 is 10.0 Å². The number of para-hydroxylation sites is 2. The van der Waals surface area contributed by atoms with E-state index in [0.717, 1.165) is 31.0 Å². The van der Waals surface area contributed by atoms with Gasteiger partial charge < -0.3 is 9.80 Å². The van der Waals surface area contributed by atoms with Crippen molar-refractivity contribution < 1.29 is 8.42 Å². The molecule has 0 bridgehead atoms. The molecule has 0 aliphatic carbocycles. The van der Waals surface area contributed by atoms with Gasteiger partial charge in [-0.3, -0.25) is 4.31 Å². The van der Waals surface area contributed by atoms with E-state index in [2.05, 4.69) is 9.80 Å². The van der Waals surface area contributed by atoms with Crippen molar-refractivity contribution in [3.63, 3.8) is 0 Å². The second-order valence-corrected chi connectivity index (χ2v) is 8.43. The molecule has 2 heterocycles. The van der Waals surface area contributed by atoms with E-state index in [4.69, 9.17) is 0 Å². The van der Waals surface area contributed by atoms with Gasteiger partial charge in [-0.25, -0.2) is 8.42 Å². The predicted octanol–water partition coefficient (Wildman–Crippen LogP) is 2.15. The Kier molecular flexibility index (Phi) is 5.11. The molecule has 5 nitrogen and oxygen atoms in total. The average molecular weight is 337 g/mol. The highest BCUT2D eigenvalue weighted by molar-refractivity contribution is 7.92. The summed E-state index contributed by atoms with van der Waals surface area (Å²) < 4.78 is 26.7. The van der Waals surface area contributed by atoms with Crippen LogP contribution in [0.25, 0.3) is 0 Å². The number of nitrogens with zero attached hydrogens (tertiary/aromatic N) is 3. The van der Waals surface area contributed by atoms with Gasteiger partial charge in [-0.2, -0.15) is 0 Å². The maximum Gasteiger partial charge on any atom is 0.235 e. The lowest BCUT2D eigenvalue weighted by Crippen LogP contribution is -2.46. The number of likely N-dealkylation sites (tertiary alicyclic amines) is 1. The van der Waals surface area contributed by atoms with Crippen LogP contribution in [0.4, 0.5) is 11.4 Å². The van der Waals surface area contributed by atoms with Crippen LogP contribution in [-0.2, 0) is 10.0 Å². The summed E-state index contributed by atoms with van der Waals surface area (Å²) in [5.74, 6) is 0.217. The summed E-state index contributed by atoms with van der Waals surface area (Å²) >= 11 is 0. The van der Waals surface area contributed by atoms with Gasteiger partial charge in [-0.1, -0.05) is 19.1 Å². The molecule has 0 radical (unpaired) electrons. The van der Waals surface area contributed by atoms with Crippen LogP contribution in [0, 0.1) is 0 Å². The van der Waals surface area contributed by atoms with Crippen molar-refractivity contribution in [2.45, 2.75) is 26.2 Å². The van der Waals surface area contributed by atoms with Gasteiger partial charge >= 0.3 is 0 Å². The van der Waals surface area contributed by atoms with Crippen molar-refractivity contribution in [3.05, 3.63) is 24.3 Å². The number of hydrogen-bond donors (Lipinski definition) is 0. The van der Waals surface area contributed by atoms with Crippen molar-refractivity contribution in [1.29, 1.82) is 0 Å². The quantitative estimate of drug-likeness (QED) is 0.798. The Balaban J connectivity index is 1.77. The van der Waals surface area contributed by atoms with Gasteiger partial charge in [0.25, 0.3) is 0 Å². The average Bonchev–Trinajstić information content (AvgIpc) is 3.05. The van der Waals surface area contributed by atoms with Crippen LogP contribution in [0.2, 0.25) is 0 Å². The summed E-state index contributed by atoms with van der Waals surface area (Å²) in [6.45, 7) is 7.68. The molecule has 0 atom stereocenters. The minimum absolute atomic E-state index is 0.217. The maximum atomic E-state index is 12.5. The second kappa shape index (κ2) is 7.09. The van der Waals surface area contributed by atoms with E-state index in [0.29, 0.717) is 13.0 Å². The molecule has 1 aromatic rings. The van der Waals surface area contributed by atoms with Crippen LogP contribution in [0.15, 0.2) is 24.3 Å². The molecule has 1 aromatic carbocycles. The normalized spacial score (nSPS) is 19.2. The fourth-order valence-corrected chi connectivity index (χ4v) is 5.10. The van der Waals surface area contributed by atoms with Crippen LogP contribution < -0.4 is 9.21 Å². The summed E-state index contributed by atoms with van der Waals surface area (Å²) in [5.41, 5.74) is 1.89. The summed E-state index contributed by atoms with van der Waals surface area (Å²) in [4.78, 5) is 4.84. The van der Waals surface area contributed by atoms with Gasteiger partial charge in [-0.05, 0) is 44.5 Å². The highest BCUT2D eigenvalue weighted by Gasteiger charge is 2.29. The van der Waals surface area contributed by atoms with Gasteiger partial charge in [0.2, 0.25) is 10.0 Å². The van der Waals surface area contributed by atoms with Gasteiger partial charge in [-0.15, -0.1) is 0 Å². The Labute approximate surface area is 139 Å². The molecule has 0 amide bonds. The summed E-state index contributed by atoms with van der Waals surface area (Å²) in [6, 6.07) is 7.91. The first kappa shape index (κ1) is 16.6. The molecule has 1 saturated heterocycles. The summed E-state index contributed by atoms with van der Waals surface area (Å²) in [7, 11) is -3.20. The highest BCUT2D eigenvalue weighted by atomic mass is 32.2. The fourth-order valence-electron chi connectivity index (χ4n) is 3.55. The summed E-state index contributed by atoms with van der Waals surface area (Å²) in [6.07, 6.45) is 3.26. The molecule has 128 valence electrons. The van der Waals surface area contributed by atoms with Crippen molar-refractivity contribution in [2.75, 3.05) is 54.2 Å². The Morgan fingerprint density at radius 3 is 2.35 bits per heavy atom. The minimum atomic E-state index is -3.20. The molecule has 1 fully saturated rings. The summed E-state index contributed by atoms with van der Waals surface area (Å²) in [5, 5.41) is 0. The third-order valence-corrected chi connectivity index (χ3v) is 6.72. The van der Waals surface area contributed by atoms with Gasteiger partial charge in [0.1, 0.15) is 0 Å². The number of sulfonamides is 1. The zero-order valence-electron chi connectivity index (χ0n) is 13.9. The number of fused-ring (bicyclic) bond motifs is 1. The molecule has 2 aliphatic rings. The standard InChI is InChI=1S/C17H27N3O2S/c1-2-15-23(21,22)20-14-13-19(12-11-18-9-5-6-10-18)16-7-3-4-8-17(16)20/h3-4,7-8H,2,5-6,9-15H2,1H3. The van der Waals surface area contributed by atoms with Crippen LogP contribution in [0.5, 0.6) is 0 Å². The Morgan fingerprint density at radius 1 is 0.957 bits per heavy atom. The molecule has 23 heavy (non-hydrogen) atoms. The monoisotopic (exact) mass is 337 g/mol. The van der Waals surface area contributed by atoms with E-state index in [1.165, 1.54) is 25.9 Å². The molecule has 0 saturated carbocycles. The van der Waals surface area contributed by atoms with Crippen molar-refractivity contribution in [1.82, 2.24) is 4.90 Å². The Bertz CT molecular complexity index is 626. The lowest BCUT2D eigenvalue weighted by molar-refractivity contribution is 0.344. The molecule has 2 aliphatic heterocycles. The minimum Gasteiger partial charge on any atom is -0.367 e. The smallest absolute Gasteiger partial charge is 0.235 e. The number of benzene rings is 1. The predicted molar refractivity (Wildman–Crippen MR) is 95.8 cm³/mol. The molecule has 0 unspecified atom stereocenters. The molecule has 0 spiro atoms. The number of hydrogen-bond acceptors (Lipinski definition) is 4. The molecule has 6 heteroatoms. The molecular weight excluding hydrogens is 310 g/mol. The second-order valence-electron chi connectivity index (χ2n) is 6.41. The lowest BCUT2D eigenvalue weighted by Gasteiger charge is -2.38. The van der Waals surface area contributed by atoms with Crippen LogP contribution in [0.3, 0.4) is 0 Å². The van der Waals surface area contributed by atoms with E-state index in [-0.39, 0.29) is 5.75 Å². The lowest BCUT2D eigenvalue weighted by atomic mass is 10.2. The van der Waals surface area contributed by atoms with Gasteiger partial charge in [0.15, 0.2) is 0 Å². The zero-order chi connectivity index (χ0) is 16.3. The SMILES string of the molecule is CCCS(=O)(=O)N1CCN(CCN2CCCC2)c2ccccc21. The third kappa shape index (κ3) is 3.63. The van der Waals surface area contributed by atoms with Crippen LogP contribution >= 0.6 is 0 Å². The number of rotatable bonds is 6. The topological polar surface area (TPSA) is 43.9 Å². The molecular formula is C17H27N3O2S. The largest absolute Gasteiger partial charge is 0.367 e. The van der Waals surface area contributed by atoms with E-state index in [9.17, 15) is 8.42 Å². The first-order valence-electron chi connectivity index (χ1n) is 8.68. The van der Waals surface area contributed by atoms with Crippen LogP contribution in [-0.4, -0.2) is 58.3 Å². The third-order valence-electron chi connectivity index (χ3n) is 4.75. The first-order chi connectivity index (χ1) is 11.1. The molecule has 0 N–H and O–H groups in total.